The van der Waals surface area contributed by atoms with Crippen molar-refractivity contribution in [2.24, 2.45) is 5.41 Å². The molecule has 0 aromatic heterocycles. The van der Waals surface area contributed by atoms with E-state index in [1.54, 1.807) is 0 Å². The Labute approximate surface area is 84.2 Å². The molecule has 1 saturated heterocycles. The molecule has 0 aromatic rings. The van der Waals surface area contributed by atoms with Crippen molar-refractivity contribution >= 4 is 15.8 Å². The number of aliphatic carboxylic acids is 1. The third-order valence-corrected chi connectivity index (χ3v) is 5.48. The van der Waals surface area contributed by atoms with Crippen molar-refractivity contribution in [3.8, 4) is 0 Å². The van der Waals surface area contributed by atoms with Crippen LogP contribution in [0.3, 0.4) is 0 Å². The summed E-state index contributed by atoms with van der Waals surface area (Å²) in [5.74, 6) is -0.901. The average molecular weight is 220 g/mol. The highest BCUT2D eigenvalue weighted by Crippen LogP contribution is 2.34. The molecule has 1 aliphatic rings. The van der Waals surface area contributed by atoms with Crippen LogP contribution in [0.15, 0.2) is 0 Å². The van der Waals surface area contributed by atoms with Crippen LogP contribution in [0.25, 0.3) is 0 Å². The van der Waals surface area contributed by atoms with Gasteiger partial charge in [0.05, 0.1) is 16.4 Å². The van der Waals surface area contributed by atoms with Crippen molar-refractivity contribution in [3.63, 3.8) is 0 Å². The fraction of sp³-hybridized carbons (Fsp3) is 0.889. The number of carboxylic acid groups (broad SMARTS) is 1. The van der Waals surface area contributed by atoms with Gasteiger partial charge in [0.1, 0.15) is 0 Å². The highest BCUT2D eigenvalue weighted by atomic mass is 32.2. The van der Waals surface area contributed by atoms with E-state index in [4.69, 9.17) is 5.11 Å². The maximum Gasteiger partial charge on any atom is 0.310 e. The van der Waals surface area contributed by atoms with Crippen LogP contribution in [-0.4, -0.2) is 30.5 Å². The first-order valence-corrected chi connectivity index (χ1v) is 6.45. The summed E-state index contributed by atoms with van der Waals surface area (Å²) in [4.78, 5) is 10.9. The summed E-state index contributed by atoms with van der Waals surface area (Å²) < 4.78 is 23.3. The van der Waals surface area contributed by atoms with Gasteiger partial charge in [0.15, 0.2) is 9.84 Å². The predicted octanol–water partition coefficient (Wildman–Crippen LogP) is 1.06. The third kappa shape index (κ3) is 1.92. The summed E-state index contributed by atoms with van der Waals surface area (Å²) in [6.45, 7) is 2.98. The first kappa shape index (κ1) is 11.5. The van der Waals surface area contributed by atoms with E-state index in [0.29, 0.717) is 12.8 Å². The Kier molecular flexibility index (Phi) is 2.90. The van der Waals surface area contributed by atoms with E-state index in [0.717, 1.165) is 6.42 Å². The summed E-state index contributed by atoms with van der Waals surface area (Å²) in [7, 11) is -3.21. The number of hydrogen-bond donors (Lipinski definition) is 1. The Balaban J connectivity index is 3.01. The predicted molar refractivity (Wildman–Crippen MR) is 52.8 cm³/mol. The highest BCUT2D eigenvalue weighted by molar-refractivity contribution is 7.92. The van der Waals surface area contributed by atoms with E-state index in [1.807, 2.05) is 0 Å². The van der Waals surface area contributed by atoms with Crippen molar-refractivity contribution in [2.75, 3.05) is 5.75 Å². The lowest BCUT2D eigenvalue weighted by molar-refractivity contribution is -0.147. The fourth-order valence-electron chi connectivity index (χ4n) is 1.90. The Bertz CT molecular complexity index is 329. The van der Waals surface area contributed by atoms with Gasteiger partial charge in [-0.2, -0.15) is 0 Å². The van der Waals surface area contributed by atoms with Gasteiger partial charge in [-0.25, -0.2) is 8.42 Å². The van der Waals surface area contributed by atoms with E-state index >= 15 is 0 Å². The molecule has 1 atom stereocenters. The average Bonchev–Trinajstić information content (AvgIpc) is 2.02. The van der Waals surface area contributed by atoms with Gasteiger partial charge in [0.25, 0.3) is 0 Å². The van der Waals surface area contributed by atoms with Crippen molar-refractivity contribution < 1.29 is 18.3 Å². The van der Waals surface area contributed by atoms with Gasteiger partial charge in [-0.3, -0.25) is 4.79 Å². The molecule has 4 nitrogen and oxygen atoms in total. The van der Waals surface area contributed by atoms with Gasteiger partial charge in [0.2, 0.25) is 0 Å². The Morgan fingerprint density at radius 3 is 2.36 bits per heavy atom. The molecule has 0 bridgehead atoms. The van der Waals surface area contributed by atoms with Crippen LogP contribution in [-0.2, 0) is 14.6 Å². The molecule has 0 amide bonds. The van der Waals surface area contributed by atoms with Crippen LogP contribution in [0.4, 0.5) is 0 Å². The SMILES string of the molecule is CC(C)(C(=O)O)C1CCCCS1(=O)=O. The summed E-state index contributed by atoms with van der Waals surface area (Å²) >= 11 is 0. The van der Waals surface area contributed by atoms with Gasteiger partial charge in [-0.1, -0.05) is 6.42 Å². The highest BCUT2D eigenvalue weighted by Gasteiger charge is 2.45. The molecule has 5 heteroatoms. The number of rotatable bonds is 2. The topological polar surface area (TPSA) is 71.4 Å². The van der Waals surface area contributed by atoms with Crippen LogP contribution in [0.1, 0.15) is 33.1 Å². The molecule has 0 spiro atoms. The minimum absolute atomic E-state index is 0.133. The van der Waals surface area contributed by atoms with E-state index in [9.17, 15) is 13.2 Å². The summed E-state index contributed by atoms with van der Waals surface area (Å²) in [6.07, 6.45) is 1.94. The lowest BCUT2D eigenvalue weighted by Crippen LogP contribution is -2.45. The van der Waals surface area contributed by atoms with Crippen LogP contribution in [0.2, 0.25) is 0 Å². The minimum atomic E-state index is -3.21. The van der Waals surface area contributed by atoms with Gasteiger partial charge in [0, 0.05) is 0 Å². The molecule has 82 valence electrons. The van der Waals surface area contributed by atoms with Crippen LogP contribution in [0.5, 0.6) is 0 Å². The molecule has 1 heterocycles. The molecule has 0 aromatic carbocycles. The molecule has 0 saturated carbocycles. The molecule has 1 fully saturated rings. The largest absolute Gasteiger partial charge is 0.481 e. The van der Waals surface area contributed by atoms with Crippen LogP contribution < -0.4 is 0 Å². The van der Waals surface area contributed by atoms with Crippen molar-refractivity contribution in [1.82, 2.24) is 0 Å². The molecular weight excluding hydrogens is 204 g/mol. The molecule has 14 heavy (non-hydrogen) atoms. The minimum Gasteiger partial charge on any atom is -0.481 e. The summed E-state index contributed by atoms with van der Waals surface area (Å²) in [5.41, 5.74) is -1.17. The van der Waals surface area contributed by atoms with Crippen molar-refractivity contribution in [2.45, 2.75) is 38.4 Å². The number of carbonyl (C=O) groups is 1. The first-order chi connectivity index (χ1) is 6.28. The Morgan fingerprint density at radius 1 is 1.36 bits per heavy atom. The zero-order chi connectivity index (χ0) is 11.0. The summed E-state index contributed by atoms with van der Waals surface area (Å²) in [5, 5.41) is 8.24. The molecule has 0 aliphatic carbocycles. The van der Waals surface area contributed by atoms with Crippen LogP contribution in [0, 0.1) is 5.41 Å². The fourth-order valence-corrected chi connectivity index (χ4v) is 4.32. The molecule has 1 aliphatic heterocycles. The van der Waals surface area contributed by atoms with Crippen molar-refractivity contribution in [3.05, 3.63) is 0 Å². The first-order valence-electron chi connectivity index (χ1n) is 4.73. The van der Waals surface area contributed by atoms with Crippen molar-refractivity contribution in [1.29, 1.82) is 0 Å². The molecule has 1 N–H and O–H groups in total. The molecule has 0 radical (unpaired) electrons. The van der Waals surface area contributed by atoms with Gasteiger partial charge in [-0.05, 0) is 26.7 Å². The monoisotopic (exact) mass is 220 g/mol. The number of sulfone groups is 1. The Hall–Kier alpha value is -0.580. The second kappa shape index (κ2) is 3.53. The van der Waals surface area contributed by atoms with Gasteiger partial charge < -0.3 is 5.11 Å². The van der Waals surface area contributed by atoms with E-state index < -0.39 is 26.5 Å². The lowest BCUT2D eigenvalue weighted by Gasteiger charge is -2.32. The second-order valence-electron chi connectivity index (χ2n) is 4.38. The zero-order valence-corrected chi connectivity index (χ0v) is 9.30. The number of carboxylic acids is 1. The number of hydrogen-bond acceptors (Lipinski definition) is 3. The Morgan fingerprint density at radius 2 is 1.93 bits per heavy atom. The maximum atomic E-state index is 11.7. The second-order valence-corrected chi connectivity index (χ2v) is 6.68. The van der Waals surface area contributed by atoms with Crippen LogP contribution >= 0.6 is 0 Å². The normalized spacial score (nSPS) is 27.1. The third-order valence-electron chi connectivity index (χ3n) is 2.93. The molecule has 1 rings (SSSR count). The molecule has 1 unspecified atom stereocenters. The van der Waals surface area contributed by atoms with E-state index in [1.165, 1.54) is 13.8 Å². The maximum absolute atomic E-state index is 11.7. The summed E-state index contributed by atoms with van der Waals surface area (Å²) in [6, 6.07) is 0. The van der Waals surface area contributed by atoms with E-state index in [2.05, 4.69) is 0 Å². The standard InChI is InChI=1S/C9H16O4S/c1-9(2,8(10)11)7-5-3-4-6-14(7,12)13/h7H,3-6H2,1-2H3,(H,10,11). The van der Waals surface area contributed by atoms with Gasteiger partial charge in [-0.15, -0.1) is 0 Å². The smallest absolute Gasteiger partial charge is 0.310 e. The molecular formula is C9H16O4S. The van der Waals surface area contributed by atoms with E-state index in [-0.39, 0.29) is 5.75 Å². The quantitative estimate of drug-likeness (QED) is 0.755. The van der Waals surface area contributed by atoms with Gasteiger partial charge >= 0.3 is 5.97 Å². The zero-order valence-electron chi connectivity index (χ0n) is 8.49. The lowest BCUT2D eigenvalue weighted by atomic mass is 9.86.